The summed E-state index contributed by atoms with van der Waals surface area (Å²) in [5.74, 6) is 0.146. The van der Waals surface area contributed by atoms with E-state index in [0.29, 0.717) is 12.2 Å². The lowest BCUT2D eigenvalue weighted by molar-refractivity contribution is -0.126. The second-order valence-electron chi connectivity index (χ2n) is 6.36. The average Bonchev–Trinajstić information content (AvgIpc) is 2.61. The summed E-state index contributed by atoms with van der Waals surface area (Å²) in [5.41, 5.74) is 1.88. The van der Waals surface area contributed by atoms with Gasteiger partial charge in [0, 0.05) is 12.2 Å². The molecule has 26 heavy (non-hydrogen) atoms. The highest BCUT2D eigenvalue weighted by Crippen LogP contribution is 2.17. The van der Waals surface area contributed by atoms with Crippen LogP contribution in [0.25, 0.3) is 0 Å². The van der Waals surface area contributed by atoms with E-state index in [1.54, 1.807) is 24.3 Å². The molecule has 0 atom stereocenters. The predicted octanol–water partition coefficient (Wildman–Crippen LogP) is 3.55. The number of amides is 2. The molecule has 0 radical (unpaired) electrons. The summed E-state index contributed by atoms with van der Waals surface area (Å²) in [4.78, 5) is 23.8. The Hall–Kier alpha value is -2.82. The molecular weight excluding hydrogens is 328 g/mol. The minimum atomic E-state index is -0.330. The van der Waals surface area contributed by atoms with E-state index < -0.39 is 0 Å². The molecule has 5 heteroatoms. The van der Waals surface area contributed by atoms with Gasteiger partial charge in [-0.15, -0.1) is 0 Å². The molecule has 0 fully saturated rings. The monoisotopic (exact) mass is 354 g/mol. The van der Waals surface area contributed by atoms with Gasteiger partial charge in [0.1, 0.15) is 12.2 Å². The first-order valence-corrected chi connectivity index (χ1v) is 8.90. The van der Waals surface area contributed by atoms with Crippen LogP contribution in [0.2, 0.25) is 0 Å². The first kappa shape index (κ1) is 19.5. The number of carbonyl (C=O) groups is 2. The molecule has 2 aromatic carbocycles. The summed E-state index contributed by atoms with van der Waals surface area (Å²) in [6, 6.07) is 17.2. The van der Waals surface area contributed by atoms with Crippen LogP contribution in [0.1, 0.15) is 32.3 Å². The van der Waals surface area contributed by atoms with E-state index in [1.165, 1.54) is 5.56 Å². The number of aryl methyl sites for hydroxylation is 1. The van der Waals surface area contributed by atoms with E-state index in [4.69, 9.17) is 4.74 Å². The van der Waals surface area contributed by atoms with Gasteiger partial charge in [-0.05, 0) is 56.5 Å². The van der Waals surface area contributed by atoms with Crippen molar-refractivity contribution in [2.24, 2.45) is 0 Å². The summed E-state index contributed by atoms with van der Waals surface area (Å²) in [6.45, 7) is 4.46. The molecule has 0 spiro atoms. The van der Waals surface area contributed by atoms with Gasteiger partial charge >= 0.3 is 0 Å². The zero-order chi connectivity index (χ0) is 18.8. The molecule has 0 aliphatic rings. The Balaban J connectivity index is 1.66. The topological polar surface area (TPSA) is 67.4 Å². The number of carbonyl (C=O) groups excluding carboxylic acids is 2. The van der Waals surface area contributed by atoms with E-state index in [9.17, 15) is 9.59 Å². The molecule has 0 aliphatic heterocycles. The molecule has 2 amide bonds. The Labute approximate surface area is 154 Å². The van der Waals surface area contributed by atoms with Gasteiger partial charge < -0.3 is 15.4 Å². The summed E-state index contributed by atoms with van der Waals surface area (Å²) >= 11 is 0. The number of ether oxygens (including phenoxy) is 1. The molecule has 0 heterocycles. The highest BCUT2D eigenvalue weighted by atomic mass is 16.5. The van der Waals surface area contributed by atoms with Gasteiger partial charge in [0.25, 0.3) is 0 Å². The minimum Gasteiger partial charge on any atom is -0.491 e. The number of hydrogen-bond acceptors (Lipinski definition) is 3. The van der Waals surface area contributed by atoms with Crippen LogP contribution in [0.5, 0.6) is 5.75 Å². The van der Waals surface area contributed by atoms with Crippen LogP contribution in [-0.4, -0.2) is 24.5 Å². The van der Waals surface area contributed by atoms with Crippen molar-refractivity contribution in [1.29, 1.82) is 0 Å². The van der Waals surface area contributed by atoms with Crippen molar-refractivity contribution in [2.45, 2.75) is 39.2 Å². The lowest BCUT2D eigenvalue weighted by Crippen LogP contribution is -2.29. The maximum atomic E-state index is 11.9. The number of benzene rings is 2. The summed E-state index contributed by atoms with van der Waals surface area (Å²) in [6.07, 6.45) is 1.66. The minimum absolute atomic E-state index is 0.0982. The summed E-state index contributed by atoms with van der Waals surface area (Å²) < 4.78 is 5.55. The van der Waals surface area contributed by atoms with E-state index >= 15 is 0 Å². The van der Waals surface area contributed by atoms with Gasteiger partial charge in [-0.1, -0.05) is 30.3 Å². The van der Waals surface area contributed by atoms with Gasteiger partial charge in [-0.3, -0.25) is 9.59 Å². The summed E-state index contributed by atoms with van der Waals surface area (Å²) in [5, 5.41) is 5.49. The zero-order valence-electron chi connectivity index (χ0n) is 15.3. The highest BCUT2D eigenvalue weighted by molar-refractivity contribution is 6.03. The third-order valence-electron chi connectivity index (χ3n) is 3.64. The molecule has 2 aromatic rings. The Morgan fingerprint density at radius 3 is 2.31 bits per heavy atom. The second-order valence-corrected chi connectivity index (χ2v) is 6.36. The van der Waals surface area contributed by atoms with Gasteiger partial charge in [0.15, 0.2) is 0 Å². The molecule has 2 N–H and O–H groups in total. The van der Waals surface area contributed by atoms with Crippen molar-refractivity contribution in [2.75, 3.05) is 11.9 Å². The van der Waals surface area contributed by atoms with Crippen LogP contribution in [0.4, 0.5) is 5.69 Å². The first-order chi connectivity index (χ1) is 12.5. The van der Waals surface area contributed by atoms with Gasteiger partial charge in [0.05, 0.1) is 6.10 Å². The van der Waals surface area contributed by atoms with Crippen molar-refractivity contribution in [1.82, 2.24) is 5.32 Å². The van der Waals surface area contributed by atoms with Crippen molar-refractivity contribution in [3.63, 3.8) is 0 Å². The number of nitrogens with one attached hydrogen (secondary N) is 2. The molecule has 0 unspecified atom stereocenters. The molecule has 0 aromatic heterocycles. The lowest BCUT2D eigenvalue weighted by Gasteiger charge is -2.10. The number of hydrogen-bond donors (Lipinski definition) is 2. The molecule has 0 bridgehead atoms. The maximum absolute atomic E-state index is 11.9. The quantitative estimate of drug-likeness (QED) is 0.534. The molecule has 0 aliphatic carbocycles. The standard InChI is InChI=1S/C21H26N2O3/c1-16(2)26-19-12-10-18(11-13-19)23-21(25)15-20(24)22-14-6-9-17-7-4-3-5-8-17/h3-5,7-8,10-13,16H,6,9,14-15H2,1-2H3,(H,22,24)(H,23,25). The predicted molar refractivity (Wildman–Crippen MR) is 103 cm³/mol. The normalized spacial score (nSPS) is 10.4. The van der Waals surface area contributed by atoms with Gasteiger partial charge in [-0.2, -0.15) is 0 Å². The third-order valence-corrected chi connectivity index (χ3v) is 3.64. The fraction of sp³-hybridized carbons (Fsp3) is 0.333. The maximum Gasteiger partial charge on any atom is 0.233 e. The van der Waals surface area contributed by atoms with Crippen LogP contribution < -0.4 is 15.4 Å². The molecule has 5 nitrogen and oxygen atoms in total. The molecule has 138 valence electrons. The van der Waals surface area contributed by atoms with Crippen LogP contribution in [-0.2, 0) is 16.0 Å². The van der Waals surface area contributed by atoms with Crippen molar-refractivity contribution in [3.05, 3.63) is 60.2 Å². The molecule has 0 saturated heterocycles. The van der Waals surface area contributed by atoms with Crippen LogP contribution in [0, 0.1) is 0 Å². The number of anilines is 1. The highest BCUT2D eigenvalue weighted by Gasteiger charge is 2.09. The fourth-order valence-electron chi connectivity index (χ4n) is 2.47. The SMILES string of the molecule is CC(C)Oc1ccc(NC(=O)CC(=O)NCCCc2ccccc2)cc1. The first-order valence-electron chi connectivity index (χ1n) is 8.90. The third kappa shape index (κ3) is 7.38. The fourth-order valence-corrected chi connectivity index (χ4v) is 2.47. The Bertz CT molecular complexity index is 697. The Kier molecular flexibility index (Phi) is 7.68. The molecular formula is C21H26N2O3. The van der Waals surface area contributed by atoms with Crippen molar-refractivity contribution < 1.29 is 14.3 Å². The van der Waals surface area contributed by atoms with Gasteiger partial charge in [0.2, 0.25) is 11.8 Å². The molecule has 0 saturated carbocycles. The summed E-state index contributed by atoms with van der Waals surface area (Å²) in [7, 11) is 0. The van der Waals surface area contributed by atoms with E-state index in [0.717, 1.165) is 18.6 Å². The van der Waals surface area contributed by atoms with Gasteiger partial charge in [-0.25, -0.2) is 0 Å². The van der Waals surface area contributed by atoms with Crippen LogP contribution >= 0.6 is 0 Å². The average molecular weight is 354 g/mol. The lowest BCUT2D eigenvalue weighted by atomic mass is 10.1. The van der Waals surface area contributed by atoms with E-state index in [2.05, 4.69) is 22.8 Å². The van der Waals surface area contributed by atoms with Crippen molar-refractivity contribution in [3.8, 4) is 5.75 Å². The van der Waals surface area contributed by atoms with E-state index in [1.807, 2.05) is 32.0 Å². The van der Waals surface area contributed by atoms with Crippen molar-refractivity contribution >= 4 is 17.5 Å². The zero-order valence-corrected chi connectivity index (χ0v) is 15.3. The van der Waals surface area contributed by atoms with Crippen LogP contribution in [0.3, 0.4) is 0 Å². The largest absolute Gasteiger partial charge is 0.491 e. The Morgan fingerprint density at radius 2 is 1.65 bits per heavy atom. The van der Waals surface area contributed by atoms with Crippen LogP contribution in [0.15, 0.2) is 54.6 Å². The smallest absolute Gasteiger partial charge is 0.233 e. The number of rotatable bonds is 9. The van der Waals surface area contributed by atoms with E-state index in [-0.39, 0.29) is 24.3 Å². The second kappa shape index (κ2) is 10.2. The molecule has 2 rings (SSSR count). The Morgan fingerprint density at radius 1 is 0.962 bits per heavy atom.